The van der Waals surface area contributed by atoms with Gasteiger partial charge in [0.25, 0.3) is 0 Å². The first-order valence-electron chi connectivity index (χ1n) is 6.89. The molecule has 2 nitrogen and oxygen atoms in total. The highest BCUT2D eigenvalue weighted by Gasteiger charge is 2.20. The number of hydrogen-bond donors (Lipinski definition) is 1. The third-order valence-electron chi connectivity index (χ3n) is 3.45. The number of aryl methyl sites for hydroxylation is 1. The predicted molar refractivity (Wildman–Crippen MR) is 84.7 cm³/mol. The molecule has 0 aliphatic carbocycles. The average Bonchev–Trinajstić information content (AvgIpc) is 2.45. The number of ether oxygens (including phenoxy) is 1. The Morgan fingerprint density at radius 3 is 2.57 bits per heavy atom. The maximum atomic E-state index is 13.7. The van der Waals surface area contributed by atoms with Crippen LogP contribution in [0.4, 0.5) is 4.39 Å². The van der Waals surface area contributed by atoms with E-state index >= 15 is 0 Å². The lowest BCUT2D eigenvalue weighted by atomic mass is 9.94. The topological polar surface area (TPSA) is 21.3 Å². The molecule has 4 heteroatoms. The SMILES string of the molecule is CCNC(c1ccc(Cl)cc1C)c1cc(F)ccc1OC. The van der Waals surface area contributed by atoms with E-state index in [1.54, 1.807) is 13.2 Å². The van der Waals surface area contributed by atoms with Crippen LogP contribution < -0.4 is 10.1 Å². The summed E-state index contributed by atoms with van der Waals surface area (Å²) in [4.78, 5) is 0. The van der Waals surface area contributed by atoms with E-state index < -0.39 is 0 Å². The molecule has 2 aromatic carbocycles. The lowest BCUT2D eigenvalue weighted by Gasteiger charge is -2.23. The number of methoxy groups -OCH3 is 1. The van der Waals surface area contributed by atoms with Gasteiger partial charge in [0, 0.05) is 10.6 Å². The fraction of sp³-hybridized carbons (Fsp3) is 0.294. The van der Waals surface area contributed by atoms with Gasteiger partial charge >= 0.3 is 0 Å². The maximum Gasteiger partial charge on any atom is 0.124 e. The number of hydrogen-bond acceptors (Lipinski definition) is 2. The molecule has 0 bridgehead atoms. The van der Waals surface area contributed by atoms with E-state index in [-0.39, 0.29) is 11.9 Å². The number of halogens is 2. The van der Waals surface area contributed by atoms with Gasteiger partial charge in [0.2, 0.25) is 0 Å². The van der Waals surface area contributed by atoms with Gasteiger partial charge in [-0.2, -0.15) is 0 Å². The summed E-state index contributed by atoms with van der Waals surface area (Å²) in [5, 5.41) is 4.08. The molecule has 0 saturated heterocycles. The molecular formula is C17H19ClFNO. The van der Waals surface area contributed by atoms with Gasteiger partial charge in [-0.25, -0.2) is 4.39 Å². The average molecular weight is 308 g/mol. The van der Waals surface area contributed by atoms with Crippen LogP contribution >= 0.6 is 11.6 Å². The second-order valence-corrected chi connectivity index (χ2v) is 5.31. The van der Waals surface area contributed by atoms with Crippen LogP contribution in [0.5, 0.6) is 5.75 Å². The zero-order chi connectivity index (χ0) is 15.4. The minimum Gasteiger partial charge on any atom is -0.496 e. The molecule has 112 valence electrons. The molecule has 0 fully saturated rings. The lowest BCUT2D eigenvalue weighted by Crippen LogP contribution is -2.23. The monoisotopic (exact) mass is 307 g/mol. The van der Waals surface area contributed by atoms with Gasteiger partial charge < -0.3 is 10.1 Å². The predicted octanol–water partition coefficient (Wildman–Crippen LogP) is 4.50. The van der Waals surface area contributed by atoms with E-state index in [2.05, 4.69) is 5.32 Å². The van der Waals surface area contributed by atoms with Crippen LogP contribution in [0.2, 0.25) is 5.02 Å². The smallest absolute Gasteiger partial charge is 0.124 e. The van der Waals surface area contributed by atoms with Crippen LogP contribution in [-0.2, 0) is 0 Å². The van der Waals surface area contributed by atoms with Crippen LogP contribution in [0, 0.1) is 12.7 Å². The Labute approximate surface area is 129 Å². The van der Waals surface area contributed by atoms with Gasteiger partial charge in [0.15, 0.2) is 0 Å². The molecule has 0 aliphatic rings. The van der Waals surface area contributed by atoms with E-state index in [1.165, 1.54) is 12.1 Å². The zero-order valence-electron chi connectivity index (χ0n) is 12.4. The molecule has 0 heterocycles. The van der Waals surface area contributed by atoms with Gasteiger partial charge in [-0.05, 0) is 54.9 Å². The molecule has 2 aromatic rings. The first-order chi connectivity index (χ1) is 10.1. The molecule has 1 atom stereocenters. The van der Waals surface area contributed by atoms with Crippen molar-refractivity contribution in [2.75, 3.05) is 13.7 Å². The largest absolute Gasteiger partial charge is 0.496 e. The third kappa shape index (κ3) is 3.55. The molecule has 21 heavy (non-hydrogen) atoms. The highest BCUT2D eigenvalue weighted by Crippen LogP contribution is 2.33. The summed E-state index contributed by atoms with van der Waals surface area (Å²) < 4.78 is 19.0. The first kappa shape index (κ1) is 15.8. The molecule has 0 saturated carbocycles. The van der Waals surface area contributed by atoms with E-state index in [9.17, 15) is 4.39 Å². The molecule has 2 rings (SSSR count). The van der Waals surface area contributed by atoms with Crippen molar-refractivity contribution in [2.45, 2.75) is 19.9 Å². The van der Waals surface area contributed by atoms with Crippen LogP contribution in [0.15, 0.2) is 36.4 Å². The molecule has 0 spiro atoms. The Morgan fingerprint density at radius 2 is 1.95 bits per heavy atom. The second-order valence-electron chi connectivity index (χ2n) is 4.88. The summed E-state index contributed by atoms with van der Waals surface area (Å²) in [6, 6.07) is 10.2. The summed E-state index contributed by atoms with van der Waals surface area (Å²) >= 11 is 6.02. The second kappa shape index (κ2) is 6.92. The van der Waals surface area contributed by atoms with Gasteiger partial charge in [0.1, 0.15) is 11.6 Å². The number of rotatable bonds is 5. The van der Waals surface area contributed by atoms with Crippen LogP contribution in [0.1, 0.15) is 29.7 Å². The third-order valence-corrected chi connectivity index (χ3v) is 3.69. The van der Waals surface area contributed by atoms with Crippen molar-refractivity contribution in [3.63, 3.8) is 0 Å². The van der Waals surface area contributed by atoms with Crippen molar-refractivity contribution in [1.82, 2.24) is 5.32 Å². The number of benzene rings is 2. The molecule has 1 N–H and O–H groups in total. The first-order valence-corrected chi connectivity index (χ1v) is 7.27. The fourth-order valence-electron chi connectivity index (χ4n) is 2.49. The zero-order valence-corrected chi connectivity index (χ0v) is 13.2. The van der Waals surface area contributed by atoms with Gasteiger partial charge in [-0.15, -0.1) is 0 Å². The quantitative estimate of drug-likeness (QED) is 0.878. The molecular weight excluding hydrogens is 289 g/mol. The van der Waals surface area contributed by atoms with Gasteiger partial charge in [0.05, 0.1) is 13.2 Å². The summed E-state index contributed by atoms with van der Waals surface area (Å²) in [5.41, 5.74) is 2.90. The molecule has 0 radical (unpaired) electrons. The summed E-state index contributed by atoms with van der Waals surface area (Å²) in [7, 11) is 1.59. The Bertz CT molecular complexity index is 630. The van der Waals surface area contributed by atoms with E-state index in [0.717, 1.165) is 23.2 Å². The Hall–Kier alpha value is -1.58. The minimum absolute atomic E-state index is 0.141. The maximum absolute atomic E-state index is 13.7. The van der Waals surface area contributed by atoms with Crippen LogP contribution in [0.3, 0.4) is 0 Å². The van der Waals surface area contributed by atoms with Crippen molar-refractivity contribution in [3.8, 4) is 5.75 Å². The van der Waals surface area contributed by atoms with E-state index in [4.69, 9.17) is 16.3 Å². The lowest BCUT2D eigenvalue weighted by molar-refractivity contribution is 0.402. The summed E-state index contributed by atoms with van der Waals surface area (Å²) in [6.45, 7) is 4.77. The fourth-order valence-corrected chi connectivity index (χ4v) is 2.71. The van der Waals surface area contributed by atoms with Crippen molar-refractivity contribution >= 4 is 11.6 Å². The van der Waals surface area contributed by atoms with Crippen molar-refractivity contribution in [3.05, 3.63) is 63.9 Å². The summed E-state index contributed by atoms with van der Waals surface area (Å²) in [5.74, 6) is 0.386. The van der Waals surface area contributed by atoms with E-state index in [0.29, 0.717) is 10.8 Å². The highest BCUT2D eigenvalue weighted by atomic mass is 35.5. The van der Waals surface area contributed by atoms with Crippen LogP contribution in [-0.4, -0.2) is 13.7 Å². The molecule has 0 amide bonds. The van der Waals surface area contributed by atoms with E-state index in [1.807, 2.05) is 32.0 Å². The minimum atomic E-state index is -0.277. The van der Waals surface area contributed by atoms with Crippen molar-refractivity contribution < 1.29 is 9.13 Å². The van der Waals surface area contributed by atoms with Crippen molar-refractivity contribution in [1.29, 1.82) is 0 Å². The summed E-state index contributed by atoms with van der Waals surface area (Å²) in [6.07, 6.45) is 0. The normalized spacial score (nSPS) is 12.2. The Morgan fingerprint density at radius 1 is 1.19 bits per heavy atom. The van der Waals surface area contributed by atoms with Crippen LogP contribution in [0.25, 0.3) is 0 Å². The molecule has 0 aromatic heterocycles. The Kier molecular flexibility index (Phi) is 5.21. The van der Waals surface area contributed by atoms with Gasteiger partial charge in [-0.1, -0.05) is 24.6 Å². The molecule has 1 unspecified atom stereocenters. The van der Waals surface area contributed by atoms with Crippen molar-refractivity contribution in [2.24, 2.45) is 0 Å². The standard InChI is InChI=1S/C17H19ClFNO/c1-4-20-17(14-7-5-12(18)9-11(14)2)15-10-13(19)6-8-16(15)21-3/h5-10,17,20H,4H2,1-3H3. The Balaban J connectivity index is 2.55. The highest BCUT2D eigenvalue weighted by molar-refractivity contribution is 6.30. The molecule has 0 aliphatic heterocycles. The number of nitrogens with one attached hydrogen (secondary N) is 1. The van der Waals surface area contributed by atoms with Gasteiger partial charge in [-0.3, -0.25) is 0 Å².